The summed E-state index contributed by atoms with van der Waals surface area (Å²) < 4.78 is 17.2. The lowest BCUT2D eigenvalue weighted by molar-refractivity contribution is -0.193. The SMILES string of the molecule is COc1ccc(CC(=O)N2CC3(CC(Oc4ccccn4)CCO3)C2)cc1. The van der Waals surface area contributed by atoms with Crippen molar-refractivity contribution in [1.82, 2.24) is 9.88 Å². The third-order valence-corrected chi connectivity index (χ3v) is 5.20. The number of nitrogens with zero attached hydrogens (tertiary/aromatic N) is 2. The van der Waals surface area contributed by atoms with E-state index in [1.54, 1.807) is 13.3 Å². The summed E-state index contributed by atoms with van der Waals surface area (Å²) in [5, 5.41) is 0. The molecule has 27 heavy (non-hydrogen) atoms. The Balaban J connectivity index is 1.30. The van der Waals surface area contributed by atoms with Crippen molar-refractivity contribution in [1.29, 1.82) is 0 Å². The molecular formula is C21H24N2O4. The molecule has 0 radical (unpaired) electrons. The van der Waals surface area contributed by atoms with Gasteiger partial charge in [-0.3, -0.25) is 4.79 Å². The number of amides is 1. The number of methoxy groups -OCH3 is 1. The monoisotopic (exact) mass is 368 g/mol. The maximum Gasteiger partial charge on any atom is 0.227 e. The van der Waals surface area contributed by atoms with Gasteiger partial charge in [-0.1, -0.05) is 18.2 Å². The van der Waals surface area contributed by atoms with Gasteiger partial charge in [-0.15, -0.1) is 0 Å². The van der Waals surface area contributed by atoms with E-state index in [0.717, 1.165) is 24.2 Å². The van der Waals surface area contributed by atoms with Gasteiger partial charge in [-0.25, -0.2) is 4.98 Å². The van der Waals surface area contributed by atoms with Crippen molar-refractivity contribution in [3.63, 3.8) is 0 Å². The van der Waals surface area contributed by atoms with E-state index in [4.69, 9.17) is 14.2 Å². The third-order valence-electron chi connectivity index (χ3n) is 5.20. The van der Waals surface area contributed by atoms with Crippen LogP contribution in [0.5, 0.6) is 11.6 Å². The molecule has 142 valence electrons. The van der Waals surface area contributed by atoms with Crippen molar-refractivity contribution < 1.29 is 19.0 Å². The Morgan fingerprint density at radius 2 is 2.07 bits per heavy atom. The van der Waals surface area contributed by atoms with Gasteiger partial charge in [0.05, 0.1) is 33.2 Å². The number of benzene rings is 1. The zero-order valence-corrected chi connectivity index (χ0v) is 15.5. The Bertz CT molecular complexity index is 773. The molecule has 1 atom stereocenters. The van der Waals surface area contributed by atoms with Crippen molar-refractivity contribution in [2.45, 2.75) is 31.0 Å². The molecule has 0 N–H and O–H groups in total. The minimum atomic E-state index is -0.271. The standard InChI is InChI=1S/C21H24N2O4/c1-25-17-7-5-16(6-8-17)12-20(24)23-14-21(15-23)13-18(9-11-26-21)27-19-4-2-3-10-22-19/h2-8,10,18H,9,11-15H2,1H3. The number of likely N-dealkylation sites (tertiary alicyclic amines) is 1. The quantitative estimate of drug-likeness (QED) is 0.811. The molecule has 1 amide bonds. The molecule has 2 aliphatic heterocycles. The number of rotatable bonds is 5. The van der Waals surface area contributed by atoms with Crippen LogP contribution in [0.2, 0.25) is 0 Å². The van der Waals surface area contributed by atoms with Crippen molar-refractivity contribution in [2.75, 3.05) is 26.8 Å². The molecule has 2 saturated heterocycles. The Morgan fingerprint density at radius 1 is 1.26 bits per heavy atom. The number of ether oxygens (including phenoxy) is 3. The third kappa shape index (κ3) is 4.06. The number of carbonyl (C=O) groups is 1. The van der Waals surface area contributed by atoms with E-state index < -0.39 is 0 Å². The molecule has 2 fully saturated rings. The molecule has 3 heterocycles. The molecule has 6 heteroatoms. The summed E-state index contributed by atoms with van der Waals surface area (Å²) in [7, 11) is 1.63. The summed E-state index contributed by atoms with van der Waals surface area (Å²) in [6, 6.07) is 13.3. The number of aromatic nitrogens is 1. The minimum absolute atomic E-state index is 0.0764. The van der Waals surface area contributed by atoms with Crippen molar-refractivity contribution in [2.24, 2.45) is 0 Å². The predicted octanol–water partition coefficient (Wildman–Crippen LogP) is 2.47. The van der Waals surface area contributed by atoms with Gasteiger partial charge in [0, 0.05) is 25.1 Å². The molecular weight excluding hydrogens is 344 g/mol. The van der Waals surface area contributed by atoms with Gasteiger partial charge in [0.1, 0.15) is 17.5 Å². The van der Waals surface area contributed by atoms with Crippen molar-refractivity contribution >= 4 is 5.91 Å². The molecule has 1 unspecified atom stereocenters. The van der Waals surface area contributed by atoms with Gasteiger partial charge >= 0.3 is 0 Å². The van der Waals surface area contributed by atoms with E-state index in [1.165, 1.54) is 0 Å². The average molecular weight is 368 g/mol. The zero-order chi connectivity index (χ0) is 18.7. The largest absolute Gasteiger partial charge is 0.497 e. The summed E-state index contributed by atoms with van der Waals surface area (Å²) in [6.45, 7) is 1.91. The van der Waals surface area contributed by atoms with Crippen LogP contribution in [0.15, 0.2) is 48.7 Å². The van der Waals surface area contributed by atoms with E-state index in [1.807, 2.05) is 47.4 Å². The van der Waals surface area contributed by atoms with Crippen LogP contribution in [-0.2, 0) is 16.0 Å². The lowest BCUT2D eigenvalue weighted by Gasteiger charge is -2.52. The van der Waals surface area contributed by atoms with Crippen LogP contribution in [0.3, 0.4) is 0 Å². The second-order valence-electron chi connectivity index (χ2n) is 7.21. The topological polar surface area (TPSA) is 60.9 Å². The number of hydrogen-bond acceptors (Lipinski definition) is 5. The van der Waals surface area contributed by atoms with Crippen molar-refractivity contribution in [3.8, 4) is 11.6 Å². The van der Waals surface area contributed by atoms with E-state index in [0.29, 0.717) is 32.0 Å². The van der Waals surface area contributed by atoms with E-state index >= 15 is 0 Å². The fourth-order valence-electron chi connectivity index (χ4n) is 3.75. The van der Waals surface area contributed by atoms with Crippen LogP contribution in [0, 0.1) is 0 Å². The Kier molecular flexibility index (Phi) is 4.99. The predicted molar refractivity (Wildman–Crippen MR) is 99.8 cm³/mol. The summed E-state index contributed by atoms with van der Waals surface area (Å²) in [5.41, 5.74) is 0.718. The van der Waals surface area contributed by atoms with Crippen LogP contribution in [0.25, 0.3) is 0 Å². The maximum atomic E-state index is 12.5. The van der Waals surface area contributed by atoms with Crippen LogP contribution >= 0.6 is 0 Å². The summed E-state index contributed by atoms with van der Waals surface area (Å²) >= 11 is 0. The Hall–Kier alpha value is -2.60. The molecule has 2 aromatic rings. The van der Waals surface area contributed by atoms with Crippen LogP contribution in [-0.4, -0.2) is 54.3 Å². The van der Waals surface area contributed by atoms with E-state index in [-0.39, 0.29) is 17.6 Å². The molecule has 1 spiro atoms. The lowest BCUT2D eigenvalue weighted by atomic mass is 9.84. The summed E-state index contributed by atoms with van der Waals surface area (Å²) in [4.78, 5) is 18.6. The first-order valence-corrected chi connectivity index (χ1v) is 9.28. The first-order valence-electron chi connectivity index (χ1n) is 9.28. The second kappa shape index (κ2) is 7.56. The van der Waals surface area contributed by atoms with Gasteiger partial charge in [0.2, 0.25) is 11.8 Å². The molecule has 2 aliphatic rings. The minimum Gasteiger partial charge on any atom is -0.497 e. The van der Waals surface area contributed by atoms with Gasteiger partial charge < -0.3 is 19.1 Å². The fourth-order valence-corrected chi connectivity index (χ4v) is 3.75. The molecule has 0 saturated carbocycles. The summed E-state index contributed by atoms with van der Waals surface area (Å²) in [6.07, 6.45) is 3.84. The Labute approximate surface area is 159 Å². The van der Waals surface area contributed by atoms with Crippen molar-refractivity contribution in [3.05, 3.63) is 54.2 Å². The van der Waals surface area contributed by atoms with Gasteiger partial charge in [-0.05, 0) is 23.8 Å². The zero-order valence-electron chi connectivity index (χ0n) is 15.5. The average Bonchev–Trinajstić information content (AvgIpc) is 2.67. The molecule has 1 aromatic heterocycles. The molecule has 0 aliphatic carbocycles. The second-order valence-corrected chi connectivity index (χ2v) is 7.21. The normalized spacial score (nSPS) is 20.8. The highest BCUT2D eigenvalue weighted by molar-refractivity contribution is 5.80. The Morgan fingerprint density at radius 3 is 2.78 bits per heavy atom. The molecule has 0 bridgehead atoms. The first-order chi connectivity index (χ1) is 13.2. The highest BCUT2D eigenvalue weighted by Crippen LogP contribution is 2.35. The van der Waals surface area contributed by atoms with Gasteiger partial charge in [0.25, 0.3) is 0 Å². The first kappa shape index (κ1) is 17.8. The summed E-state index contributed by atoms with van der Waals surface area (Å²) in [5.74, 6) is 1.57. The number of hydrogen-bond donors (Lipinski definition) is 0. The smallest absolute Gasteiger partial charge is 0.227 e. The maximum absolute atomic E-state index is 12.5. The molecule has 1 aromatic carbocycles. The van der Waals surface area contributed by atoms with Crippen LogP contribution in [0.1, 0.15) is 18.4 Å². The lowest BCUT2D eigenvalue weighted by Crippen LogP contribution is -2.67. The van der Waals surface area contributed by atoms with E-state index in [2.05, 4.69) is 4.98 Å². The van der Waals surface area contributed by atoms with E-state index in [9.17, 15) is 4.79 Å². The van der Waals surface area contributed by atoms with Gasteiger partial charge in [0.15, 0.2) is 0 Å². The molecule has 6 nitrogen and oxygen atoms in total. The molecule has 4 rings (SSSR count). The number of pyridine rings is 1. The van der Waals surface area contributed by atoms with Crippen LogP contribution in [0.4, 0.5) is 0 Å². The van der Waals surface area contributed by atoms with Gasteiger partial charge in [-0.2, -0.15) is 0 Å². The highest BCUT2D eigenvalue weighted by atomic mass is 16.5. The number of carbonyl (C=O) groups excluding carboxylic acids is 1. The fraction of sp³-hybridized carbons (Fsp3) is 0.429. The van der Waals surface area contributed by atoms with Crippen LogP contribution < -0.4 is 9.47 Å². The highest BCUT2D eigenvalue weighted by Gasteiger charge is 2.49.